The summed E-state index contributed by atoms with van der Waals surface area (Å²) in [7, 11) is -0.492. The smallest absolute Gasteiger partial charge is 0.399 e. The summed E-state index contributed by atoms with van der Waals surface area (Å²) in [6.07, 6.45) is 3.35. The van der Waals surface area contributed by atoms with Crippen molar-refractivity contribution >= 4 is 18.3 Å². The molecule has 0 bridgehead atoms. The van der Waals surface area contributed by atoms with E-state index in [1.807, 2.05) is 27.7 Å². The van der Waals surface area contributed by atoms with Crippen molar-refractivity contribution in [2.75, 3.05) is 5.73 Å². The molecule has 0 aromatic carbocycles. The maximum absolute atomic E-state index is 6.07. The average molecular weight is 249 g/mol. The van der Waals surface area contributed by atoms with Gasteiger partial charge in [0.15, 0.2) is 0 Å². The van der Waals surface area contributed by atoms with Crippen molar-refractivity contribution in [3.8, 4) is 0 Å². The predicted octanol–water partition coefficient (Wildman–Crippen LogP) is 0.422. The van der Waals surface area contributed by atoms with E-state index in [1.54, 1.807) is 12.4 Å². The number of nitrogen functional groups attached to an aromatic ring is 1. The molecule has 4 N–H and O–H groups in total. The molecule has 0 unspecified atom stereocenters. The van der Waals surface area contributed by atoms with Crippen molar-refractivity contribution in [2.24, 2.45) is 5.73 Å². The third kappa shape index (κ3) is 2.00. The Labute approximate surface area is 108 Å². The van der Waals surface area contributed by atoms with Gasteiger partial charge in [0.25, 0.3) is 0 Å². The second kappa shape index (κ2) is 4.22. The van der Waals surface area contributed by atoms with Crippen LogP contribution in [0.25, 0.3) is 0 Å². The fourth-order valence-corrected chi connectivity index (χ4v) is 1.85. The molecule has 1 aliphatic rings. The lowest BCUT2D eigenvalue weighted by Gasteiger charge is -2.32. The number of hydrogen-bond donors (Lipinski definition) is 2. The van der Waals surface area contributed by atoms with Crippen LogP contribution in [0.5, 0.6) is 0 Å². The first-order valence-corrected chi connectivity index (χ1v) is 6.06. The fourth-order valence-electron chi connectivity index (χ4n) is 1.85. The fraction of sp³-hybridized carbons (Fsp3) is 0.583. The molecule has 2 heterocycles. The summed E-state index contributed by atoms with van der Waals surface area (Å²) < 4.78 is 11.9. The number of anilines is 1. The normalized spacial score (nSPS) is 21.3. The van der Waals surface area contributed by atoms with Gasteiger partial charge in [-0.1, -0.05) is 0 Å². The van der Waals surface area contributed by atoms with Gasteiger partial charge in [0.05, 0.1) is 11.2 Å². The second-order valence-electron chi connectivity index (χ2n) is 5.59. The molecule has 0 radical (unpaired) electrons. The molecule has 1 aromatic heterocycles. The highest BCUT2D eigenvalue weighted by Gasteiger charge is 2.52. The van der Waals surface area contributed by atoms with Crippen LogP contribution in [0.4, 0.5) is 5.69 Å². The molecule has 1 fully saturated rings. The van der Waals surface area contributed by atoms with Crippen molar-refractivity contribution < 1.29 is 9.31 Å². The van der Waals surface area contributed by atoms with Crippen LogP contribution in [0.1, 0.15) is 33.3 Å². The molecule has 1 saturated heterocycles. The van der Waals surface area contributed by atoms with Crippen molar-refractivity contribution in [3.63, 3.8) is 0 Å². The zero-order valence-corrected chi connectivity index (χ0v) is 11.4. The predicted molar refractivity (Wildman–Crippen MR) is 72.3 cm³/mol. The number of aromatic nitrogens is 1. The van der Waals surface area contributed by atoms with E-state index in [1.165, 1.54) is 0 Å². The summed E-state index contributed by atoms with van der Waals surface area (Å²) in [4.78, 5) is 4.14. The van der Waals surface area contributed by atoms with E-state index in [0.29, 0.717) is 12.2 Å². The van der Waals surface area contributed by atoms with Crippen molar-refractivity contribution in [1.82, 2.24) is 4.98 Å². The Morgan fingerprint density at radius 3 is 2.22 bits per heavy atom. The minimum Gasteiger partial charge on any atom is -0.399 e. The van der Waals surface area contributed by atoms with Gasteiger partial charge in [-0.05, 0) is 27.7 Å². The Morgan fingerprint density at radius 1 is 1.17 bits per heavy atom. The van der Waals surface area contributed by atoms with Crippen molar-refractivity contribution in [1.29, 1.82) is 0 Å². The van der Waals surface area contributed by atoms with Crippen LogP contribution in [-0.4, -0.2) is 23.3 Å². The molecule has 0 amide bonds. The number of hydrogen-bond acceptors (Lipinski definition) is 5. The lowest BCUT2D eigenvalue weighted by Crippen LogP contribution is -2.41. The molecule has 5 nitrogen and oxygen atoms in total. The number of pyridine rings is 1. The van der Waals surface area contributed by atoms with Crippen LogP contribution < -0.4 is 16.9 Å². The van der Waals surface area contributed by atoms with E-state index < -0.39 is 7.12 Å². The zero-order valence-electron chi connectivity index (χ0n) is 11.4. The Bertz CT molecular complexity index is 447. The number of nitrogens with zero attached hydrogens (tertiary/aromatic N) is 1. The highest BCUT2D eigenvalue weighted by Crippen LogP contribution is 2.36. The standard InChI is InChI=1S/C12H20BN3O2/c1-11(2)12(3,4)18-13(17-11)9-7-16-6-8(5-14)10(9)15/h6-7H,5,14H2,1-4H3,(H2,15,16). The lowest BCUT2D eigenvalue weighted by molar-refractivity contribution is 0.00578. The van der Waals surface area contributed by atoms with Crippen LogP contribution in [0, 0.1) is 0 Å². The second-order valence-corrected chi connectivity index (χ2v) is 5.59. The van der Waals surface area contributed by atoms with Crippen molar-refractivity contribution in [3.05, 3.63) is 18.0 Å². The van der Waals surface area contributed by atoms with Gasteiger partial charge in [0.2, 0.25) is 0 Å². The molecule has 1 aliphatic heterocycles. The molecule has 98 valence electrons. The van der Waals surface area contributed by atoms with E-state index in [-0.39, 0.29) is 11.2 Å². The molecule has 0 spiro atoms. The molecular formula is C12H20BN3O2. The lowest BCUT2D eigenvalue weighted by atomic mass is 9.78. The summed E-state index contributed by atoms with van der Waals surface area (Å²) in [5, 5.41) is 0. The summed E-state index contributed by atoms with van der Waals surface area (Å²) in [6.45, 7) is 8.37. The van der Waals surface area contributed by atoms with Gasteiger partial charge < -0.3 is 20.8 Å². The van der Waals surface area contributed by atoms with E-state index in [0.717, 1.165) is 11.0 Å². The Balaban J connectivity index is 2.35. The van der Waals surface area contributed by atoms with Gasteiger partial charge in [0.1, 0.15) is 0 Å². The Morgan fingerprint density at radius 2 is 1.72 bits per heavy atom. The SMILES string of the molecule is CC1(C)OB(c2cncc(CN)c2N)OC1(C)C. The molecule has 0 saturated carbocycles. The van der Waals surface area contributed by atoms with E-state index in [2.05, 4.69) is 4.98 Å². The maximum Gasteiger partial charge on any atom is 0.498 e. The molecule has 1 aromatic rings. The van der Waals surface area contributed by atoms with E-state index >= 15 is 0 Å². The van der Waals surface area contributed by atoms with E-state index in [9.17, 15) is 0 Å². The quantitative estimate of drug-likeness (QED) is 0.742. The number of rotatable bonds is 2. The molecule has 18 heavy (non-hydrogen) atoms. The van der Waals surface area contributed by atoms with E-state index in [4.69, 9.17) is 20.8 Å². The summed E-state index contributed by atoms with van der Waals surface area (Å²) in [5.74, 6) is 0. The Kier molecular flexibility index (Phi) is 3.13. The monoisotopic (exact) mass is 249 g/mol. The first-order valence-electron chi connectivity index (χ1n) is 6.06. The topological polar surface area (TPSA) is 83.4 Å². The average Bonchev–Trinajstić information content (AvgIpc) is 2.48. The Hall–Kier alpha value is -1.11. The third-order valence-electron chi connectivity index (χ3n) is 3.83. The zero-order chi connectivity index (χ0) is 13.6. The minimum absolute atomic E-state index is 0.353. The van der Waals surface area contributed by atoms with Crippen LogP contribution in [-0.2, 0) is 15.9 Å². The van der Waals surface area contributed by atoms with Crippen LogP contribution in [0.2, 0.25) is 0 Å². The van der Waals surface area contributed by atoms with Gasteiger partial charge in [-0.25, -0.2) is 0 Å². The molecule has 2 rings (SSSR count). The van der Waals surface area contributed by atoms with Crippen LogP contribution in [0.15, 0.2) is 12.4 Å². The highest BCUT2D eigenvalue weighted by molar-refractivity contribution is 6.63. The third-order valence-corrected chi connectivity index (χ3v) is 3.83. The van der Waals surface area contributed by atoms with Crippen molar-refractivity contribution in [2.45, 2.75) is 45.4 Å². The molecule has 0 aliphatic carbocycles. The highest BCUT2D eigenvalue weighted by atomic mass is 16.7. The van der Waals surface area contributed by atoms with Gasteiger partial charge in [0, 0.05) is 35.7 Å². The minimum atomic E-state index is -0.492. The number of nitrogens with two attached hydrogens (primary N) is 2. The van der Waals surface area contributed by atoms with Gasteiger partial charge in [-0.3, -0.25) is 4.98 Å². The largest absolute Gasteiger partial charge is 0.498 e. The summed E-state index contributed by atoms with van der Waals surface area (Å²) >= 11 is 0. The first-order chi connectivity index (χ1) is 8.28. The molecule has 6 heteroatoms. The van der Waals surface area contributed by atoms with Gasteiger partial charge >= 0.3 is 7.12 Å². The van der Waals surface area contributed by atoms with Gasteiger partial charge in [-0.15, -0.1) is 0 Å². The van der Waals surface area contributed by atoms with Crippen LogP contribution >= 0.6 is 0 Å². The maximum atomic E-state index is 6.07. The molecule has 0 atom stereocenters. The summed E-state index contributed by atoms with van der Waals surface area (Å²) in [6, 6.07) is 0. The summed E-state index contributed by atoms with van der Waals surface area (Å²) in [5.41, 5.74) is 13.1. The first kappa shape index (κ1) is 13.3. The van der Waals surface area contributed by atoms with Crippen LogP contribution in [0.3, 0.4) is 0 Å². The van der Waals surface area contributed by atoms with Gasteiger partial charge in [-0.2, -0.15) is 0 Å². The molecular weight excluding hydrogens is 229 g/mol.